The molecule has 0 aromatic carbocycles. The van der Waals surface area contributed by atoms with Crippen molar-refractivity contribution in [1.82, 2.24) is 10.3 Å². The van der Waals surface area contributed by atoms with Crippen molar-refractivity contribution in [2.75, 3.05) is 7.11 Å². The van der Waals surface area contributed by atoms with Crippen LogP contribution >= 0.6 is 22.7 Å². The highest BCUT2D eigenvalue weighted by molar-refractivity contribution is 7.15. The number of carbonyl (C=O) groups is 2. The van der Waals surface area contributed by atoms with Crippen LogP contribution in [-0.4, -0.2) is 24.0 Å². The molecule has 0 bridgehead atoms. The lowest BCUT2D eigenvalue weighted by Crippen LogP contribution is -2.26. The number of nitrogens with one attached hydrogen (secondary N) is 1. The van der Waals surface area contributed by atoms with Gasteiger partial charge in [0.25, 0.3) is 5.91 Å². The van der Waals surface area contributed by atoms with E-state index in [1.54, 1.807) is 23.5 Å². The summed E-state index contributed by atoms with van der Waals surface area (Å²) in [5.41, 5.74) is 0.856. The molecule has 112 valence electrons. The number of rotatable bonds is 5. The van der Waals surface area contributed by atoms with E-state index in [1.807, 2.05) is 19.2 Å². The summed E-state index contributed by atoms with van der Waals surface area (Å²) in [5.74, 6) is -0.645. The maximum absolute atomic E-state index is 12.2. The number of aromatic nitrogens is 1. The number of nitrogens with zero attached hydrogens (tertiary/aromatic N) is 1. The summed E-state index contributed by atoms with van der Waals surface area (Å²) >= 11 is 2.71. The Bertz CT molecular complexity index is 648. The first-order valence-electron chi connectivity index (χ1n) is 6.48. The topological polar surface area (TPSA) is 68.3 Å². The second kappa shape index (κ2) is 6.82. The van der Waals surface area contributed by atoms with Crippen LogP contribution in [0.3, 0.4) is 0 Å². The first-order chi connectivity index (χ1) is 10.0. The van der Waals surface area contributed by atoms with Crippen LogP contribution in [0.15, 0.2) is 17.5 Å². The summed E-state index contributed by atoms with van der Waals surface area (Å²) in [5, 5.41) is 5.89. The third kappa shape index (κ3) is 3.68. The van der Waals surface area contributed by atoms with Crippen LogP contribution in [-0.2, 0) is 11.2 Å². The highest BCUT2D eigenvalue weighted by Gasteiger charge is 2.17. The second-order valence-electron chi connectivity index (χ2n) is 4.37. The molecule has 2 rings (SSSR count). The normalized spacial score (nSPS) is 12.0. The van der Waals surface area contributed by atoms with Crippen molar-refractivity contribution in [3.05, 3.63) is 38.0 Å². The number of aryl methyl sites for hydroxylation is 1. The van der Waals surface area contributed by atoms with Crippen LogP contribution in [0, 0.1) is 0 Å². The van der Waals surface area contributed by atoms with E-state index >= 15 is 0 Å². The fraction of sp³-hybridized carbons (Fsp3) is 0.357. The average molecular weight is 324 g/mol. The molecule has 0 saturated heterocycles. The monoisotopic (exact) mass is 324 g/mol. The molecule has 0 radical (unpaired) electrons. The number of ether oxygens (including phenoxy) is 1. The van der Waals surface area contributed by atoms with Gasteiger partial charge in [-0.1, -0.05) is 6.92 Å². The van der Waals surface area contributed by atoms with Gasteiger partial charge in [0.15, 0.2) is 0 Å². The Morgan fingerprint density at radius 1 is 1.38 bits per heavy atom. The molecule has 5 nitrogen and oxygen atoms in total. The third-order valence-corrected chi connectivity index (χ3v) is 4.96. The quantitative estimate of drug-likeness (QED) is 0.858. The van der Waals surface area contributed by atoms with Crippen molar-refractivity contribution in [1.29, 1.82) is 0 Å². The fourth-order valence-corrected chi connectivity index (χ4v) is 3.36. The first kappa shape index (κ1) is 15.7. The first-order valence-corrected chi connectivity index (χ1v) is 8.18. The second-order valence-corrected chi connectivity index (χ2v) is 6.40. The van der Waals surface area contributed by atoms with Gasteiger partial charge in [-0.15, -0.1) is 22.7 Å². The molecular weight excluding hydrogens is 308 g/mol. The zero-order valence-corrected chi connectivity index (χ0v) is 13.6. The Morgan fingerprint density at radius 3 is 2.71 bits per heavy atom. The average Bonchev–Trinajstić information content (AvgIpc) is 3.15. The molecule has 2 aromatic heterocycles. The summed E-state index contributed by atoms with van der Waals surface area (Å²) in [6, 6.07) is 3.05. The van der Waals surface area contributed by atoms with Crippen LogP contribution in [0.25, 0.3) is 0 Å². The van der Waals surface area contributed by atoms with Crippen molar-refractivity contribution in [3.63, 3.8) is 0 Å². The van der Waals surface area contributed by atoms with E-state index in [1.165, 1.54) is 7.11 Å². The fourth-order valence-electron chi connectivity index (χ4n) is 1.70. The van der Waals surface area contributed by atoms with Gasteiger partial charge < -0.3 is 10.1 Å². The molecule has 0 aliphatic heterocycles. The molecule has 0 spiro atoms. The molecule has 1 unspecified atom stereocenters. The van der Waals surface area contributed by atoms with E-state index in [0.29, 0.717) is 9.75 Å². The van der Waals surface area contributed by atoms with Crippen LogP contribution < -0.4 is 5.32 Å². The van der Waals surface area contributed by atoms with E-state index in [9.17, 15) is 9.59 Å². The lowest BCUT2D eigenvalue weighted by atomic mass is 10.2. The van der Waals surface area contributed by atoms with E-state index in [2.05, 4.69) is 15.0 Å². The lowest BCUT2D eigenvalue weighted by molar-refractivity contribution is 0.0606. The largest absolute Gasteiger partial charge is 0.465 e. The van der Waals surface area contributed by atoms with Crippen LogP contribution in [0.5, 0.6) is 0 Å². The van der Waals surface area contributed by atoms with Gasteiger partial charge in [0.1, 0.15) is 4.88 Å². The number of carbonyl (C=O) groups excluding carboxylic acids is 2. The molecule has 7 heteroatoms. The summed E-state index contributed by atoms with van der Waals surface area (Å²) in [6.45, 7) is 3.94. The Hall–Kier alpha value is -1.73. The van der Waals surface area contributed by atoms with E-state index in [-0.39, 0.29) is 11.9 Å². The number of thiazole rings is 1. The standard InChI is InChI=1S/C14H16N2O3S2/c1-4-12-16-9(7-20-12)8(2)15-13(17)10-5-6-11(21-10)14(18)19-3/h5-8H,4H2,1-3H3,(H,15,17). The van der Waals surface area contributed by atoms with E-state index in [4.69, 9.17) is 0 Å². The predicted octanol–water partition coefficient (Wildman–Crippen LogP) is 3.04. The van der Waals surface area contributed by atoms with E-state index in [0.717, 1.165) is 28.5 Å². The lowest BCUT2D eigenvalue weighted by Gasteiger charge is -2.10. The van der Waals surface area contributed by atoms with Gasteiger partial charge in [0.2, 0.25) is 0 Å². The molecule has 1 amide bonds. The molecule has 21 heavy (non-hydrogen) atoms. The Balaban J connectivity index is 2.03. The molecule has 0 saturated carbocycles. The van der Waals surface area contributed by atoms with Crippen molar-refractivity contribution >= 4 is 34.6 Å². The highest BCUT2D eigenvalue weighted by Crippen LogP contribution is 2.20. The molecular formula is C14H16N2O3S2. The van der Waals surface area contributed by atoms with Crippen LogP contribution in [0.4, 0.5) is 0 Å². The minimum absolute atomic E-state index is 0.169. The van der Waals surface area contributed by atoms with Crippen LogP contribution in [0.2, 0.25) is 0 Å². The SMILES string of the molecule is CCc1nc(C(C)NC(=O)c2ccc(C(=O)OC)s2)cs1. The van der Waals surface area contributed by atoms with E-state index < -0.39 is 5.97 Å². The number of hydrogen-bond acceptors (Lipinski definition) is 6. The molecule has 2 heterocycles. The van der Waals surface area contributed by atoms with Crippen molar-refractivity contribution in [3.8, 4) is 0 Å². The molecule has 0 aliphatic rings. The number of amides is 1. The Labute approximate surface area is 131 Å². The van der Waals surface area contributed by atoms with Crippen molar-refractivity contribution in [2.45, 2.75) is 26.3 Å². The molecule has 1 N–H and O–H groups in total. The van der Waals surface area contributed by atoms with Crippen molar-refractivity contribution in [2.24, 2.45) is 0 Å². The highest BCUT2D eigenvalue weighted by atomic mass is 32.1. The number of esters is 1. The van der Waals surface area contributed by atoms with Gasteiger partial charge in [0.05, 0.1) is 28.7 Å². The summed E-state index contributed by atoms with van der Waals surface area (Å²) in [4.78, 5) is 28.9. The Kier molecular flexibility index (Phi) is 5.08. The van der Waals surface area contributed by atoms with Crippen molar-refractivity contribution < 1.29 is 14.3 Å². The Morgan fingerprint density at radius 2 is 2.10 bits per heavy atom. The number of thiophene rings is 1. The maximum atomic E-state index is 12.2. The number of hydrogen-bond donors (Lipinski definition) is 1. The minimum atomic E-state index is -0.431. The molecule has 0 fully saturated rings. The summed E-state index contributed by atoms with van der Waals surface area (Å²) in [7, 11) is 1.32. The summed E-state index contributed by atoms with van der Waals surface area (Å²) in [6.07, 6.45) is 0.888. The smallest absolute Gasteiger partial charge is 0.348 e. The van der Waals surface area contributed by atoms with Gasteiger partial charge in [-0.05, 0) is 25.5 Å². The van der Waals surface area contributed by atoms with Gasteiger partial charge in [0, 0.05) is 5.38 Å². The zero-order chi connectivity index (χ0) is 15.4. The minimum Gasteiger partial charge on any atom is -0.465 e. The zero-order valence-electron chi connectivity index (χ0n) is 12.0. The molecule has 1 atom stereocenters. The number of methoxy groups -OCH3 is 1. The van der Waals surface area contributed by atoms with Crippen LogP contribution in [0.1, 0.15) is 49.9 Å². The molecule has 0 aliphatic carbocycles. The van der Waals surface area contributed by atoms with Gasteiger partial charge in [-0.25, -0.2) is 9.78 Å². The van der Waals surface area contributed by atoms with Gasteiger partial charge in [-0.3, -0.25) is 4.79 Å². The third-order valence-electron chi connectivity index (χ3n) is 2.88. The van der Waals surface area contributed by atoms with Gasteiger partial charge >= 0.3 is 5.97 Å². The summed E-state index contributed by atoms with van der Waals surface area (Å²) < 4.78 is 4.63. The predicted molar refractivity (Wildman–Crippen MR) is 83.0 cm³/mol. The molecule has 2 aromatic rings. The maximum Gasteiger partial charge on any atom is 0.348 e. The van der Waals surface area contributed by atoms with Gasteiger partial charge in [-0.2, -0.15) is 0 Å².